The standard InChI is InChI=1S/C16H23FN2O/c1-11-2-3-12(8-15(11)17)16(18)6-7-19-9-13-4-5-14(10-19)20-13/h2-3,8,13-14,16H,4-7,9-10,18H2,1H3. The SMILES string of the molecule is Cc1ccc(C(N)CCN2CC3CCC(C2)O3)cc1F. The van der Waals surface area contributed by atoms with Gasteiger partial charge >= 0.3 is 0 Å². The highest BCUT2D eigenvalue weighted by Crippen LogP contribution is 2.27. The number of aryl methyl sites for hydroxylation is 1. The minimum atomic E-state index is -0.164. The molecule has 2 aliphatic rings. The van der Waals surface area contributed by atoms with E-state index in [9.17, 15) is 4.39 Å². The third-order valence-electron chi connectivity index (χ3n) is 4.50. The van der Waals surface area contributed by atoms with Gasteiger partial charge in [0.15, 0.2) is 0 Å². The molecule has 3 nitrogen and oxygen atoms in total. The Hall–Kier alpha value is -0.970. The van der Waals surface area contributed by atoms with Crippen molar-refractivity contribution in [1.82, 2.24) is 4.90 Å². The highest BCUT2D eigenvalue weighted by molar-refractivity contribution is 5.25. The van der Waals surface area contributed by atoms with Gasteiger partial charge in [0.1, 0.15) is 5.82 Å². The molecule has 0 saturated carbocycles. The van der Waals surface area contributed by atoms with Gasteiger partial charge in [0.2, 0.25) is 0 Å². The van der Waals surface area contributed by atoms with Gasteiger partial charge in [0.25, 0.3) is 0 Å². The Balaban J connectivity index is 1.54. The summed E-state index contributed by atoms with van der Waals surface area (Å²) in [6, 6.07) is 5.22. The molecule has 0 spiro atoms. The fourth-order valence-electron chi connectivity index (χ4n) is 3.21. The molecule has 4 heteroatoms. The number of morpholine rings is 1. The van der Waals surface area contributed by atoms with Crippen molar-refractivity contribution < 1.29 is 9.13 Å². The number of hydrogen-bond acceptors (Lipinski definition) is 3. The molecule has 3 atom stereocenters. The molecular formula is C16H23FN2O. The molecular weight excluding hydrogens is 255 g/mol. The monoisotopic (exact) mass is 278 g/mol. The van der Waals surface area contributed by atoms with Gasteiger partial charge in [-0.2, -0.15) is 0 Å². The molecule has 2 heterocycles. The maximum absolute atomic E-state index is 13.6. The highest BCUT2D eigenvalue weighted by Gasteiger charge is 2.33. The van der Waals surface area contributed by atoms with Crippen LogP contribution in [0.4, 0.5) is 4.39 Å². The number of likely N-dealkylation sites (tertiary alicyclic amines) is 1. The number of nitrogens with zero attached hydrogens (tertiary/aromatic N) is 1. The zero-order valence-corrected chi connectivity index (χ0v) is 12.0. The number of benzene rings is 1. The second kappa shape index (κ2) is 5.80. The molecule has 3 rings (SSSR count). The molecule has 1 aromatic carbocycles. The van der Waals surface area contributed by atoms with Crippen molar-refractivity contribution in [2.45, 2.75) is 44.4 Å². The number of halogens is 1. The van der Waals surface area contributed by atoms with Crippen LogP contribution in [-0.2, 0) is 4.74 Å². The van der Waals surface area contributed by atoms with E-state index in [1.807, 2.05) is 6.07 Å². The second-order valence-corrected chi connectivity index (χ2v) is 6.12. The lowest BCUT2D eigenvalue weighted by Gasteiger charge is -2.32. The van der Waals surface area contributed by atoms with E-state index in [1.54, 1.807) is 19.1 Å². The summed E-state index contributed by atoms with van der Waals surface area (Å²) in [4.78, 5) is 2.44. The summed E-state index contributed by atoms with van der Waals surface area (Å²) >= 11 is 0. The van der Waals surface area contributed by atoms with E-state index < -0.39 is 0 Å². The van der Waals surface area contributed by atoms with Gasteiger partial charge in [0, 0.05) is 25.7 Å². The largest absolute Gasteiger partial charge is 0.372 e. The Morgan fingerprint density at radius 3 is 2.70 bits per heavy atom. The number of hydrogen-bond donors (Lipinski definition) is 1. The number of nitrogens with two attached hydrogens (primary N) is 1. The summed E-state index contributed by atoms with van der Waals surface area (Å²) in [6.45, 7) is 4.78. The van der Waals surface area contributed by atoms with Crippen molar-refractivity contribution in [2.75, 3.05) is 19.6 Å². The Kier molecular flexibility index (Phi) is 4.06. The van der Waals surface area contributed by atoms with Crippen LogP contribution in [0.2, 0.25) is 0 Å². The second-order valence-electron chi connectivity index (χ2n) is 6.12. The average Bonchev–Trinajstić information content (AvgIpc) is 2.78. The number of rotatable bonds is 4. The highest BCUT2D eigenvalue weighted by atomic mass is 19.1. The molecule has 2 N–H and O–H groups in total. The molecule has 2 bridgehead atoms. The van der Waals surface area contributed by atoms with Crippen molar-refractivity contribution in [3.05, 3.63) is 35.1 Å². The fraction of sp³-hybridized carbons (Fsp3) is 0.625. The van der Waals surface area contributed by atoms with Crippen LogP contribution >= 0.6 is 0 Å². The lowest BCUT2D eigenvalue weighted by Crippen LogP contribution is -2.43. The van der Waals surface area contributed by atoms with E-state index in [0.29, 0.717) is 17.8 Å². The molecule has 2 fully saturated rings. The van der Waals surface area contributed by atoms with Crippen LogP contribution in [0.3, 0.4) is 0 Å². The minimum absolute atomic E-state index is 0.0920. The molecule has 1 aromatic rings. The van der Waals surface area contributed by atoms with Gasteiger partial charge in [-0.15, -0.1) is 0 Å². The first-order valence-electron chi connectivity index (χ1n) is 7.51. The first-order chi connectivity index (χ1) is 9.61. The fourth-order valence-corrected chi connectivity index (χ4v) is 3.21. The van der Waals surface area contributed by atoms with Gasteiger partial charge in [-0.1, -0.05) is 12.1 Å². The number of ether oxygens (including phenoxy) is 1. The molecule has 3 unspecified atom stereocenters. The number of fused-ring (bicyclic) bond motifs is 2. The quantitative estimate of drug-likeness (QED) is 0.919. The van der Waals surface area contributed by atoms with Crippen LogP contribution in [0, 0.1) is 12.7 Å². The van der Waals surface area contributed by atoms with Crippen molar-refractivity contribution in [3.8, 4) is 0 Å². The van der Waals surface area contributed by atoms with Crippen molar-refractivity contribution in [1.29, 1.82) is 0 Å². The van der Waals surface area contributed by atoms with E-state index in [4.69, 9.17) is 10.5 Å². The lowest BCUT2D eigenvalue weighted by atomic mass is 10.0. The normalized spacial score (nSPS) is 27.8. The summed E-state index contributed by atoms with van der Waals surface area (Å²) in [6.07, 6.45) is 4.08. The van der Waals surface area contributed by atoms with Gasteiger partial charge in [-0.05, 0) is 43.4 Å². The third kappa shape index (κ3) is 3.03. The average molecular weight is 278 g/mol. The summed E-state index contributed by atoms with van der Waals surface area (Å²) in [7, 11) is 0. The Morgan fingerprint density at radius 2 is 2.05 bits per heavy atom. The Labute approximate surface area is 119 Å². The third-order valence-corrected chi connectivity index (χ3v) is 4.50. The molecule has 0 amide bonds. The minimum Gasteiger partial charge on any atom is -0.372 e. The van der Waals surface area contributed by atoms with E-state index in [1.165, 1.54) is 12.8 Å². The van der Waals surface area contributed by atoms with Gasteiger partial charge in [0.05, 0.1) is 12.2 Å². The van der Waals surface area contributed by atoms with Crippen LogP contribution in [0.15, 0.2) is 18.2 Å². The summed E-state index contributed by atoms with van der Waals surface area (Å²) in [5.74, 6) is -0.164. The van der Waals surface area contributed by atoms with E-state index in [-0.39, 0.29) is 11.9 Å². The topological polar surface area (TPSA) is 38.5 Å². The van der Waals surface area contributed by atoms with Crippen molar-refractivity contribution >= 4 is 0 Å². The van der Waals surface area contributed by atoms with Crippen LogP contribution in [0.25, 0.3) is 0 Å². The lowest BCUT2D eigenvalue weighted by molar-refractivity contribution is -0.0388. The molecule has 2 saturated heterocycles. The zero-order chi connectivity index (χ0) is 14.1. The summed E-state index contributed by atoms with van der Waals surface area (Å²) < 4.78 is 19.4. The van der Waals surface area contributed by atoms with Gasteiger partial charge < -0.3 is 10.5 Å². The maximum atomic E-state index is 13.6. The first kappa shape index (κ1) is 14.0. The first-order valence-corrected chi connectivity index (χ1v) is 7.51. The molecule has 0 aliphatic carbocycles. The summed E-state index contributed by atoms with van der Waals surface area (Å²) in [5, 5.41) is 0. The molecule has 0 radical (unpaired) electrons. The predicted molar refractivity (Wildman–Crippen MR) is 77.0 cm³/mol. The van der Waals surface area contributed by atoms with E-state index in [2.05, 4.69) is 4.90 Å². The predicted octanol–water partition coefficient (Wildman–Crippen LogP) is 2.39. The van der Waals surface area contributed by atoms with E-state index >= 15 is 0 Å². The molecule has 110 valence electrons. The maximum Gasteiger partial charge on any atom is 0.126 e. The van der Waals surface area contributed by atoms with E-state index in [0.717, 1.165) is 31.6 Å². The molecule has 2 aliphatic heterocycles. The van der Waals surface area contributed by atoms with Gasteiger partial charge in [-0.3, -0.25) is 4.90 Å². The zero-order valence-electron chi connectivity index (χ0n) is 12.0. The van der Waals surface area contributed by atoms with Crippen LogP contribution in [0.5, 0.6) is 0 Å². The van der Waals surface area contributed by atoms with Crippen LogP contribution in [0.1, 0.15) is 36.4 Å². The van der Waals surface area contributed by atoms with Gasteiger partial charge in [-0.25, -0.2) is 4.39 Å². The smallest absolute Gasteiger partial charge is 0.126 e. The Bertz CT molecular complexity index is 468. The van der Waals surface area contributed by atoms with Crippen LogP contribution < -0.4 is 5.73 Å². The molecule has 0 aromatic heterocycles. The van der Waals surface area contributed by atoms with Crippen LogP contribution in [-0.4, -0.2) is 36.7 Å². The van der Waals surface area contributed by atoms with Crippen molar-refractivity contribution in [3.63, 3.8) is 0 Å². The molecule has 20 heavy (non-hydrogen) atoms. The Morgan fingerprint density at radius 1 is 1.35 bits per heavy atom. The van der Waals surface area contributed by atoms with Crippen molar-refractivity contribution in [2.24, 2.45) is 5.73 Å². The summed E-state index contributed by atoms with van der Waals surface area (Å²) in [5.41, 5.74) is 7.76.